The molecule has 0 spiro atoms. The van der Waals surface area contributed by atoms with Crippen molar-refractivity contribution in [3.63, 3.8) is 0 Å². The smallest absolute Gasteiger partial charge is 0.256 e. The zero-order valence-electron chi connectivity index (χ0n) is 11.1. The number of amides is 2. The van der Waals surface area contributed by atoms with Crippen LogP contribution in [0.2, 0.25) is 0 Å². The highest BCUT2D eigenvalue weighted by Gasteiger charge is 2.12. The Morgan fingerprint density at radius 3 is 2.43 bits per heavy atom. The molecule has 0 aliphatic carbocycles. The Labute approximate surface area is 139 Å². The number of hydrogen-bond acceptors (Lipinski definition) is 2. The van der Waals surface area contributed by atoms with E-state index in [4.69, 9.17) is 5.73 Å². The molecule has 0 saturated carbocycles. The molecule has 0 bridgehead atoms. The second-order valence-electron chi connectivity index (χ2n) is 4.47. The highest BCUT2D eigenvalue weighted by atomic mass is 79.9. The Balaban J connectivity index is 2.27. The fourth-order valence-electron chi connectivity index (χ4n) is 1.82. The molecule has 2 aromatic carbocycles. The number of anilines is 1. The minimum atomic E-state index is -0.495. The van der Waals surface area contributed by atoms with Gasteiger partial charge in [0.15, 0.2) is 0 Å². The number of rotatable bonds is 3. The molecular formula is C15H12Br2N2O2. The van der Waals surface area contributed by atoms with Gasteiger partial charge in [0.1, 0.15) is 0 Å². The zero-order chi connectivity index (χ0) is 15.6. The van der Waals surface area contributed by atoms with Crippen LogP contribution in [0.1, 0.15) is 26.3 Å². The third-order valence-corrected chi connectivity index (χ3v) is 4.12. The molecule has 0 atom stereocenters. The molecule has 0 fully saturated rings. The van der Waals surface area contributed by atoms with Gasteiger partial charge in [-0.2, -0.15) is 0 Å². The monoisotopic (exact) mass is 410 g/mol. The molecule has 6 heteroatoms. The van der Waals surface area contributed by atoms with Gasteiger partial charge < -0.3 is 11.1 Å². The fourth-order valence-corrected chi connectivity index (χ4v) is 2.61. The van der Waals surface area contributed by atoms with Crippen LogP contribution >= 0.6 is 31.9 Å². The summed E-state index contributed by atoms with van der Waals surface area (Å²) in [6, 6.07) is 10.3. The van der Waals surface area contributed by atoms with E-state index in [1.807, 2.05) is 6.07 Å². The zero-order valence-corrected chi connectivity index (χ0v) is 14.3. The van der Waals surface area contributed by atoms with Crippen LogP contribution in [0.15, 0.2) is 45.3 Å². The van der Waals surface area contributed by atoms with Crippen molar-refractivity contribution in [3.05, 3.63) is 62.0 Å². The van der Waals surface area contributed by atoms with Gasteiger partial charge in [0.2, 0.25) is 5.91 Å². The van der Waals surface area contributed by atoms with Crippen LogP contribution < -0.4 is 11.1 Å². The van der Waals surface area contributed by atoms with Crippen molar-refractivity contribution >= 4 is 49.4 Å². The van der Waals surface area contributed by atoms with Gasteiger partial charge >= 0.3 is 0 Å². The number of carbonyl (C=O) groups is 2. The molecule has 4 nitrogen and oxygen atoms in total. The first kappa shape index (κ1) is 15.7. The Morgan fingerprint density at radius 1 is 1.10 bits per heavy atom. The minimum Gasteiger partial charge on any atom is -0.366 e. The lowest BCUT2D eigenvalue weighted by molar-refractivity contribution is 0.0998. The van der Waals surface area contributed by atoms with E-state index in [1.165, 1.54) is 0 Å². The maximum atomic E-state index is 12.3. The van der Waals surface area contributed by atoms with E-state index in [0.29, 0.717) is 21.3 Å². The molecule has 0 saturated heterocycles. The molecule has 0 unspecified atom stereocenters. The maximum Gasteiger partial charge on any atom is 0.256 e. The van der Waals surface area contributed by atoms with E-state index >= 15 is 0 Å². The summed E-state index contributed by atoms with van der Waals surface area (Å²) in [4.78, 5) is 23.4. The third kappa shape index (κ3) is 3.71. The Kier molecular flexibility index (Phi) is 4.80. The van der Waals surface area contributed by atoms with Crippen molar-refractivity contribution in [2.24, 2.45) is 5.73 Å². The van der Waals surface area contributed by atoms with Crippen LogP contribution in [-0.2, 0) is 0 Å². The molecule has 0 radical (unpaired) electrons. The summed E-state index contributed by atoms with van der Waals surface area (Å²) < 4.78 is 1.52. The molecule has 108 valence electrons. The van der Waals surface area contributed by atoms with Gasteiger partial charge in [0, 0.05) is 20.2 Å². The Hall–Kier alpha value is -1.66. The second-order valence-corrected chi connectivity index (χ2v) is 6.24. The van der Waals surface area contributed by atoms with Gasteiger partial charge in [-0.15, -0.1) is 0 Å². The maximum absolute atomic E-state index is 12.3. The highest BCUT2D eigenvalue weighted by Crippen LogP contribution is 2.24. The van der Waals surface area contributed by atoms with Crippen LogP contribution in [0.3, 0.4) is 0 Å². The van der Waals surface area contributed by atoms with Gasteiger partial charge in [-0.3, -0.25) is 9.59 Å². The molecule has 0 aromatic heterocycles. The Morgan fingerprint density at radius 2 is 1.81 bits per heavy atom. The third-order valence-electron chi connectivity index (χ3n) is 2.93. The lowest BCUT2D eigenvalue weighted by atomic mass is 10.1. The topological polar surface area (TPSA) is 72.2 Å². The molecule has 0 aliphatic rings. The number of primary amides is 1. The Bertz CT molecular complexity index is 730. The van der Waals surface area contributed by atoms with Gasteiger partial charge in [-0.25, -0.2) is 0 Å². The number of hydrogen-bond donors (Lipinski definition) is 2. The summed E-state index contributed by atoms with van der Waals surface area (Å²) in [5.74, 6) is -0.733. The van der Waals surface area contributed by atoms with Gasteiger partial charge in [0.25, 0.3) is 5.91 Å². The molecule has 0 aliphatic heterocycles. The second kappa shape index (κ2) is 6.41. The van der Waals surface area contributed by atoms with E-state index in [1.54, 1.807) is 37.3 Å². The van der Waals surface area contributed by atoms with E-state index in [2.05, 4.69) is 37.2 Å². The van der Waals surface area contributed by atoms with E-state index in [-0.39, 0.29) is 5.91 Å². The number of carbonyl (C=O) groups excluding carboxylic acids is 2. The van der Waals surface area contributed by atoms with Gasteiger partial charge in [-0.05, 0) is 64.8 Å². The molecule has 2 aromatic rings. The molecule has 21 heavy (non-hydrogen) atoms. The molecule has 0 heterocycles. The van der Waals surface area contributed by atoms with E-state index in [0.717, 1.165) is 10.0 Å². The average Bonchev–Trinajstić information content (AvgIpc) is 2.43. The van der Waals surface area contributed by atoms with E-state index in [9.17, 15) is 9.59 Å². The molecule has 3 N–H and O–H groups in total. The van der Waals surface area contributed by atoms with Gasteiger partial charge in [0.05, 0.1) is 5.56 Å². The molecular weight excluding hydrogens is 400 g/mol. The predicted octanol–water partition coefficient (Wildman–Crippen LogP) is 3.87. The number of nitrogens with one attached hydrogen (secondary N) is 1. The normalized spacial score (nSPS) is 10.2. The predicted molar refractivity (Wildman–Crippen MR) is 89.5 cm³/mol. The standard InChI is InChI=1S/C15H12Br2N2O2/c1-8-6-9(14(18)20)2-5-13(8)19-15(21)11-7-10(16)3-4-12(11)17/h2-7H,1H3,(H2,18,20)(H,19,21). The number of nitrogens with two attached hydrogens (primary N) is 1. The summed E-state index contributed by atoms with van der Waals surface area (Å²) in [5, 5.41) is 2.82. The van der Waals surface area contributed by atoms with Crippen molar-refractivity contribution in [1.82, 2.24) is 0 Å². The van der Waals surface area contributed by atoms with Crippen molar-refractivity contribution in [2.75, 3.05) is 5.32 Å². The summed E-state index contributed by atoms with van der Waals surface area (Å²) in [6.07, 6.45) is 0. The van der Waals surface area contributed by atoms with Crippen LogP contribution in [0.5, 0.6) is 0 Å². The van der Waals surface area contributed by atoms with Gasteiger partial charge in [-0.1, -0.05) is 15.9 Å². The van der Waals surface area contributed by atoms with Crippen LogP contribution in [0.4, 0.5) is 5.69 Å². The number of benzene rings is 2. The summed E-state index contributed by atoms with van der Waals surface area (Å²) in [5.41, 5.74) is 7.56. The first-order chi connectivity index (χ1) is 9.88. The number of aryl methyl sites for hydroxylation is 1. The molecule has 2 rings (SSSR count). The van der Waals surface area contributed by atoms with Crippen molar-refractivity contribution < 1.29 is 9.59 Å². The fraction of sp³-hybridized carbons (Fsp3) is 0.0667. The number of halogens is 2. The van der Waals surface area contributed by atoms with Crippen LogP contribution in [0, 0.1) is 6.92 Å². The van der Waals surface area contributed by atoms with Crippen molar-refractivity contribution in [3.8, 4) is 0 Å². The summed E-state index contributed by atoms with van der Waals surface area (Å²) in [7, 11) is 0. The largest absolute Gasteiger partial charge is 0.366 e. The lowest BCUT2D eigenvalue weighted by Crippen LogP contribution is -2.15. The van der Waals surface area contributed by atoms with Crippen LogP contribution in [0.25, 0.3) is 0 Å². The highest BCUT2D eigenvalue weighted by molar-refractivity contribution is 9.11. The van der Waals surface area contributed by atoms with Crippen molar-refractivity contribution in [1.29, 1.82) is 0 Å². The lowest BCUT2D eigenvalue weighted by Gasteiger charge is -2.10. The summed E-state index contributed by atoms with van der Waals surface area (Å²) >= 11 is 6.69. The quantitative estimate of drug-likeness (QED) is 0.804. The van der Waals surface area contributed by atoms with Crippen LogP contribution in [-0.4, -0.2) is 11.8 Å². The first-order valence-corrected chi connectivity index (χ1v) is 7.64. The molecule has 2 amide bonds. The SMILES string of the molecule is Cc1cc(C(N)=O)ccc1NC(=O)c1cc(Br)ccc1Br. The minimum absolute atomic E-state index is 0.238. The first-order valence-electron chi connectivity index (χ1n) is 6.05. The summed E-state index contributed by atoms with van der Waals surface area (Å²) in [6.45, 7) is 1.80. The average molecular weight is 412 g/mol. The van der Waals surface area contributed by atoms with E-state index < -0.39 is 5.91 Å². The van der Waals surface area contributed by atoms with Crippen molar-refractivity contribution in [2.45, 2.75) is 6.92 Å².